The molecule has 0 saturated heterocycles. The predicted octanol–water partition coefficient (Wildman–Crippen LogP) is 3.58. The zero-order chi connectivity index (χ0) is 45.6. The SMILES string of the molecule is C/C=C(\C)[C@H]1OC(=O)[C@@H](C)N(C)C(=O)[C@H]([C@@H](C)CC)NC(=O)CN(C)C(=O)C(Cc2ccccc2)N(C)C(=O)[C@@H](C)NC(=O)C(CC(C)C)OC(=O)/C(C)=C/C[C@H](O)[C@@H]1C. The van der Waals surface area contributed by atoms with Crippen LogP contribution in [-0.4, -0.2) is 131 Å². The summed E-state index contributed by atoms with van der Waals surface area (Å²) < 4.78 is 11.6. The average molecular weight is 840 g/mol. The van der Waals surface area contributed by atoms with Crippen LogP contribution in [0.3, 0.4) is 0 Å². The van der Waals surface area contributed by atoms with Gasteiger partial charge in [0.1, 0.15) is 30.3 Å². The van der Waals surface area contributed by atoms with Crippen molar-refractivity contribution in [3.63, 3.8) is 0 Å². The third-order valence-electron chi connectivity index (χ3n) is 11.4. The summed E-state index contributed by atoms with van der Waals surface area (Å²) in [5.41, 5.74) is 1.53. The fourth-order valence-electron chi connectivity index (χ4n) is 6.73. The number of ether oxygens (including phenoxy) is 2. The average Bonchev–Trinajstić information content (AvgIpc) is 3.22. The van der Waals surface area contributed by atoms with Crippen molar-refractivity contribution in [3.8, 4) is 0 Å². The molecule has 2 rings (SSSR count). The molecule has 60 heavy (non-hydrogen) atoms. The van der Waals surface area contributed by atoms with E-state index in [1.165, 1.54) is 62.7 Å². The van der Waals surface area contributed by atoms with Crippen LogP contribution in [0.1, 0.15) is 94.1 Å². The Morgan fingerprint density at radius 3 is 2.08 bits per heavy atom. The van der Waals surface area contributed by atoms with Crippen LogP contribution in [-0.2, 0) is 49.5 Å². The number of amides is 5. The Balaban J connectivity index is 2.66. The molecule has 5 amide bonds. The lowest BCUT2D eigenvalue weighted by molar-refractivity contribution is -0.160. The molecule has 334 valence electrons. The van der Waals surface area contributed by atoms with E-state index in [4.69, 9.17) is 9.47 Å². The number of benzene rings is 1. The van der Waals surface area contributed by atoms with Crippen LogP contribution in [0.15, 0.2) is 53.6 Å². The van der Waals surface area contributed by atoms with E-state index in [0.717, 1.165) is 5.56 Å². The topological polar surface area (TPSA) is 192 Å². The van der Waals surface area contributed by atoms with Gasteiger partial charge in [0.25, 0.3) is 5.91 Å². The van der Waals surface area contributed by atoms with Crippen molar-refractivity contribution < 1.29 is 48.1 Å². The summed E-state index contributed by atoms with van der Waals surface area (Å²) in [6, 6.07) is 4.61. The number of allylic oxidation sites excluding steroid dienone is 1. The van der Waals surface area contributed by atoms with Gasteiger partial charge in [0, 0.05) is 39.1 Å². The van der Waals surface area contributed by atoms with E-state index >= 15 is 0 Å². The maximum Gasteiger partial charge on any atom is 0.334 e. The normalized spacial score (nSPS) is 28.7. The van der Waals surface area contributed by atoms with Gasteiger partial charge in [0.05, 0.1) is 12.6 Å². The molecular formula is C45H69N5O10. The summed E-state index contributed by atoms with van der Waals surface area (Å²) in [5, 5.41) is 16.7. The maximum absolute atomic E-state index is 14.2. The van der Waals surface area contributed by atoms with Crippen LogP contribution in [0.2, 0.25) is 0 Å². The summed E-state index contributed by atoms with van der Waals surface area (Å²) in [7, 11) is 4.31. The first-order chi connectivity index (χ1) is 28.0. The van der Waals surface area contributed by atoms with Crippen molar-refractivity contribution in [2.75, 3.05) is 27.7 Å². The Bertz CT molecular complexity index is 1730. The van der Waals surface area contributed by atoms with Gasteiger partial charge >= 0.3 is 11.9 Å². The van der Waals surface area contributed by atoms with Gasteiger partial charge in [-0.05, 0) is 70.4 Å². The highest BCUT2D eigenvalue weighted by Crippen LogP contribution is 2.24. The number of nitrogens with zero attached hydrogens (tertiary/aromatic N) is 3. The number of aliphatic hydroxyl groups excluding tert-OH is 1. The fraction of sp³-hybridized carbons (Fsp3) is 0.622. The Labute approximate surface area is 356 Å². The van der Waals surface area contributed by atoms with E-state index < -0.39 is 96.4 Å². The van der Waals surface area contributed by atoms with Crippen molar-refractivity contribution in [2.45, 2.75) is 137 Å². The Kier molecular flexibility index (Phi) is 20.2. The van der Waals surface area contributed by atoms with Crippen LogP contribution in [0, 0.1) is 17.8 Å². The van der Waals surface area contributed by atoms with E-state index in [-0.39, 0.29) is 36.7 Å². The smallest absolute Gasteiger partial charge is 0.334 e. The summed E-state index contributed by atoms with van der Waals surface area (Å²) in [6.07, 6.45) is 0.713. The predicted molar refractivity (Wildman–Crippen MR) is 228 cm³/mol. The number of carbonyl (C=O) groups is 7. The standard InChI is InChI=1S/C45H69N5O10/c1-14-27(5)38-43(56)49(12)32(10)45(58)60-39(28(6)15-2)30(8)35(51)22-21-29(7)44(57)59-36(23-26(3)4)40(53)46-31(9)41(54)50(13)34(24-33-19-17-16-18-20-33)42(55)48(11)25-37(52)47-38/h15-21,26-27,30-32,34-36,38-39,51H,14,22-25H2,1-13H3,(H,46,53)(H,47,52)/b28-15+,29-21+/t27-,30-,31+,32+,34?,35-,36?,38-,39+/m0/s1. The van der Waals surface area contributed by atoms with E-state index in [1.54, 1.807) is 58.0 Å². The molecule has 1 aromatic rings. The number of rotatable bonds is 7. The van der Waals surface area contributed by atoms with Gasteiger partial charge in [-0.2, -0.15) is 0 Å². The number of esters is 2. The molecule has 1 aliphatic rings. The number of cyclic esters (lactones) is 2. The first kappa shape index (κ1) is 51.1. The van der Waals surface area contributed by atoms with E-state index in [9.17, 15) is 38.7 Å². The monoisotopic (exact) mass is 840 g/mol. The molecular weight excluding hydrogens is 771 g/mol. The molecule has 0 aliphatic carbocycles. The Hall–Kier alpha value is -5.05. The van der Waals surface area contributed by atoms with E-state index in [2.05, 4.69) is 10.6 Å². The van der Waals surface area contributed by atoms with Gasteiger partial charge < -0.3 is 39.9 Å². The second-order valence-corrected chi connectivity index (χ2v) is 16.6. The third-order valence-corrected chi connectivity index (χ3v) is 11.4. The minimum absolute atomic E-state index is 0.0195. The lowest BCUT2D eigenvalue weighted by Gasteiger charge is -2.34. The number of carbonyl (C=O) groups excluding carboxylic acids is 7. The molecule has 2 unspecified atom stereocenters. The quantitative estimate of drug-likeness (QED) is 0.270. The summed E-state index contributed by atoms with van der Waals surface area (Å²) >= 11 is 0. The van der Waals surface area contributed by atoms with Crippen LogP contribution in [0.5, 0.6) is 0 Å². The molecule has 1 aromatic carbocycles. The maximum atomic E-state index is 14.2. The molecule has 0 aromatic heterocycles. The highest BCUT2D eigenvalue weighted by Gasteiger charge is 2.38. The van der Waals surface area contributed by atoms with Crippen LogP contribution in [0.25, 0.3) is 0 Å². The summed E-state index contributed by atoms with van der Waals surface area (Å²) in [5.74, 6) is -5.68. The number of nitrogens with one attached hydrogen (secondary N) is 2. The van der Waals surface area contributed by atoms with Gasteiger partial charge in [0.2, 0.25) is 23.6 Å². The zero-order valence-electron chi connectivity index (χ0n) is 37.8. The number of hydrogen-bond donors (Lipinski definition) is 3. The van der Waals surface area contributed by atoms with Gasteiger partial charge in [-0.3, -0.25) is 24.0 Å². The molecule has 0 spiro atoms. The second kappa shape index (κ2) is 23.7. The highest BCUT2D eigenvalue weighted by atomic mass is 16.6. The Morgan fingerprint density at radius 1 is 0.900 bits per heavy atom. The molecule has 9 atom stereocenters. The van der Waals surface area contributed by atoms with Crippen molar-refractivity contribution in [1.29, 1.82) is 0 Å². The Morgan fingerprint density at radius 2 is 1.52 bits per heavy atom. The van der Waals surface area contributed by atoms with Gasteiger partial charge in [0.15, 0.2) is 6.10 Å². The third kappa shape index (κ3) is 14.3. The fourth-order valence-corrected chi connectivity index (χ4v) is 6.73. The molecule has 1 aliphatic heterocycles. The molecule has 0 bridgehead atoms. The van der Waals surface area contributed by atoms with Crippen LogP contribution < -0.4 is 10.6 Å². The minimum Gasteiger partial charge on any atom is -0.456 e. The van der Waals surface area contributed by atoms with Gasteiger partial charge in [-0.25, -0.2) is 9.59 Å². The summed E-state index contributed by atoms with van der Waals surface area (Å²) in [6.45, 7) is 16.6. The van der Waals surface area contributed by atoms with E-state index in [1.807, 2.05) is 26.8 Å². The lowest BCUT2D eigenvalue weighted by Crippen LogP contribution is -2.58. The van der Waals surface area contributed by atoms with Crippen LogP contribution >= 0.6 is 0 Å². The minimum atomic E-state index is -1.26. The van der Waals surface area contributed by atoms with Gasteiger partial charge in [-0.15, -0.1) is 0 Å². The number of hydrogen-bond acceptors (Lipinski definition) is 10. The molecule has 0 radical (unpaired) electrons. The molecule has 3 N–H and O–H groups in total. The van der Waals surface area contributed by atoms with Gasteiger partial charge in [-0.1, -0.05) is 83.5 Å². The second-order valence-electron chi connectivity index (χ2n) is 16.6. The van der Waals surface area contributed by atoms with Crippen LogP contribution in [0.4, 0.5) is 0 Å². The molecule has 1 heterocycles. The van der Waals surface area contributed by atoms with E-state index in [0.29, 0.717) is 12.0 Å². The number of likely N-dealkylation sites (N-methyl/N-ethyl adjacent to an activating group) is 3. The van der Waals surface area contributed by atoms with Crippen molar-refractivity contribution in [1.82, 2.24) is 25.3 Å². The molecule has 15 nitrogen and oxygen atoms in total. The van der Waals surface area contributed by atoms with Crippen molar-refractivity contribution >= 4 is 41.5 Å². The highest BCUT2D eigenvalue weighted by molar-refractivity contribution is 5.96. The van der Waals surface area contributed by atoms with Crippen molar-refractivity contribution in [3.05, 3.63) is 59.2 Å². The molecule has 0 saturated carbocycles. The molecule has 0 fully saturated rings. The first-order valence-electron chi connectivity index (χ1n) is 20.9. The first-order valence-corrected chi connectivity index (χ1v) is 20.9. The number of aliphatic hydroxyl groups is 1. The lowest BCUT2D eigenvalue weighted by atomic mass is 9.90. The summed E-state index contributed by atoms with van der Waals surface area (Å²) in [4.78, 5) is 100. The van der Waals surface area contributed by atoms with Crippen molar-refractivity contribution in [2.24, 2.45) is 17.8 Å². The largest absolute Gasteiger partial charge is 0.456 e. The zero-order valence-corrected chi connectivity index (χ0v) is 37.8. The molecule has 15 heteroatoms.